The van der Waals surface area contributed by atoms with Crippen molar-refractivity contribution in [3.8, 4) is 17.1 Å². The highest BCUT2D eigenvalue weighted by Crippen LogP contribution is 2.34. The largest absolute Gasteiger partial charge is 0.473 e. The molecule has 0 saturated carbocycles. The Morgan fingerprint density at radius 2 is 1.66 bits per heavy atom. The number of ether oxygens (including phenoxy) is 1. The second kappa shape index (κ2) is 9.59. The number of halogens is 1. The summed E-state index contributed by atoms with van der Waals surface area (Å²) in [6.07, 6.45) is -0.955. The van der Waals surface area contributed by atoms with Crippen molar-refractivity contribution in [1.29, 1.82) is 0 Å². The van der Waals surface area contributed by atoms with Crippen LogP contribution in [0.4, 0.5) is 5.69 Å². The number of aryl methyl sites for hydroxylation is 1. The van der Waals surface area contributed by atoms with Crippen LogP contribution in [0.3, 0.4) is 0 Å². The van der Waals surface area contributed by atoms with Gasteiger partial charge in [-0.15, -0.1) is 0 Å². The molecule has 180 valence electrons. The molecule has 0 aliphatic heterocycles. The van der Waals surface area contributed by atoms with Gasteiger partial charge >= 0.3 is 0 Å². The van der Waals surface area contributed by atoms with Crippen LogP contribution in [0, 0.1) is 6.92 Å². The highest BCUT2D eigenvalue weighted by molar-refractivity contribution is 6.31. The third-order valence-corrected chi connectivity index (χ3v) is 6.04. The first-order chi connectivity index (χ1) is 16.5. The van der Waals surface area contributed by atoms with E-state index in [-0.39, 0.29) is 28.2 Å². The van der Waals surface area contributed by atoms with Crippen LogP contribution >= 0.6 is 11.6 Å². The predicted octanol–water partition coefficient (Wildman–Crippen LogP) is 7.13. The highest BCUT2D eigenvalue weighted by atomic mass is 35.5. The SMILES string of the molecule is Cc1ccc(NC(=O)[C@@H](C)Oc2c(-c3ccc(C(C)(C)C)cc3)oc3ccc(Cl)cc3c2=O)cc1. The van der Waals surface area contributed by atoms with Gasteiger partial charge in [0.1, 0.15) is 5.58 Å². The molecule has 1 N–H and O–H groups in total. The van der Waals surface area contributed by atoms with Crippen LogP contribution in [0.15, 0.2) is 75.9 Å². The molecule has 6 heteroatoms. The minimum atomic E-state index is -0.955. The molecule has 0 saturated heterocycles. The summed E-state index contributed by atoms with van der Waals surface area (Å²) in [7, 11) is 0. The van der Waals surface area contributed by atoms with Crippen molar-refractivity contribution in [2.75, 3.05) is 5.32 Å². The number of hydrogen-bond donors (Lipinski definition) is 1. The third kappa shape index (κ3) is 5.41. The Morgan fingerprint density at radius 3 is 2.29 bits per heavy atom. The van der Waals surface area contributed by atoms with E-state index in [1.165, 1.54) is 0 Å². The average Bonchev–Trinajstić information content (AvgIpc) is 2.82. The molecule has 0 aliphatic carbocycles. The second-order valence-electron chi connectivity index (χ2n) is 9.67. The molecule has 3 aromatic carbocycles. The summed E-state index contributed by atoms with van der Waals surface area (Å²) >= 11 is 6.13. The number of fused-ring (bicyclic) bond motifs is 1. The van der Waals surface area contributed by atoms with Crippen LogP contribution in [0.2, 0.25) is 5.02 Å². The van der Waals surface area contributed by atoms with Gasteiger partial charge in [-0.25, -0.2) is 0 Å². The van der Waals surface area contributed by atoms with Crippen LogP contribution in [0.25, 0.3) is 22.3 Å². The van der Waals surface area contributed by atoms with E-state index in [9.17, 15) is 9.59 Å². The first-order valence-corrected chi connectivity index (χ1v) is 11.8. The van der Waals surface area contributed by atoms with Crippen molar-refractivity contribution in [3.63, 3.8) is 0 Å². The van der Waals surface area contributed by atoms with Crippen molar-refractivity contribution in [1.82, 2.24) is 0 Å². The van der Waals surface area contributed by atoms with E-state index < -0.39 is 11.5 Å². The Bertz CT molecular complexity index is 1430. The van der Waals surface area contributed by atoms with Gasteiger partial charge in [-0.3, -0.25) is 9.59 Å². The fourth-order valence-electron chi connectivity index (χ4n) is 3.68. The lowest BCUT2D eigenvalue weighted by Gasteiger charge is -2.20. The van der Waals surface area contributed by atoms with Crippen molar-refractivity contribution in [2.24, 2.45) is 0 Å². The number of hydrogen-bond acceptors (Lipinski definition) is 4. The fourth-order valence-corrected chi connectivity index (χ4v) is 3.85. The number of rotatable bonds is 5. The highest BCUT2D eigenvalue weighted by Gasteiger charge is 2.24. The predicted molar refractivity (Wildman–Crippen MR) is 142 cm³/mol. The molecule has 4 rings (SSSR count). The number of carbonyl (C=O) groups excluding carboxylic acids is 1. The molecule has 5 nitrogen and oxygen atoms in total. The summed E-state index contributed by atoms with van der Waals surface area (Å²) < 4.78 is 12.1. The maximum absolute atomic E-state index is 13.5. The van der Waals surface area contributed by atoms with Gasteiger partial charge in [-0.1, -0.05) is 74.3 Å². The van der Waals surface area contributed by atoms with E-state index in [4.69, 9.17) is 20.8 Å². The van der Waals surface area contributed by atoms with Crippen LogP contribution in [0.1, 0.15) is 38.8 Å². The number of benzene rings is 3. The lowest BCUT2D eigenvalue weighted by Crippen LogP contribution is -2.31. The van der Waals surface area contributed by atoms with Crippen LogP contribution in [0.5, 0.6) is 5.75 Å². The van der Waals surface area contributed by atoms with E-state index in [0.717, 1.165) is 11.1 Å². The molecule has 1 heterocycles. The van der Waals surface area contributed by atoms with Gasteiger partial charge in [0.2, 0.25) is 11.2 Å². The summed E-state index contributed by atoms with van der Waals surface area (Å²) in [4.78, 5) is 26.3. The molecule has 0 bridgehead atoms. The molecule has 0 spiro atoms. The molecule has 4 aromatic rings. The topological polar surface area (TPSA) is 68.5 Å². The fraction of sp³-hybridized carbons (Fsp3) is 0.241. The summed E-state index contributed by atoms with van der Waals surface area (Å²) in [6.45, 7) is 9.95. The standard InChI is InChI=1S/C29H28ClNO4/c1-17-6-13-22(14-7-17)31-28(33)18(2)34-27-25(32)23-16-21(30)12-15-24(23)35-26(27)19-8-10-20(11-9-19)29(3,4)5/h6-16,18H,1-5H3,(H,31,33)/t18-/m1/s1. The van der Waals surface area contributed by atoms with Gasteiger partial charge in [0, 0.05) is 16.3 Å². The normalized spacial score (nSPS) is 12.4. The molecule has 35 heavy (non-hydrogen) atoms. The molecule has 1 amide bonds. The van der Waals surface area contributed by atoms with Crippen LogP contribution < -0.4 is 15.5 Å². The molecule has 0 radical (unpaired) electrons. The smallest absolute Gasteiger partial charge is 0.265 e. The van der Waals surface area contributed by atoms with Crippen molar-refractivity contribution in [3.05, 3.63) is 93.1 Å². The Labute approximate surface area is 209 Å². The van der Waals surface area contributed by atoms with Gasteiger partial charge in [0.25, 0.3) is 5.91 Å². The summed E-state index contributed by atoms with van der Waals surface area (Å²) in [5, 5.41) is 3.51. The zero-order chi connectivity index (χ0) is 25.3. The maximum Gasteiger partial charge on any atom is 0.265 e. The first-order valence-electron chi connectivity index (χ1n) is 11.4. The van der Waals surface area contributed by atoms with Gasteiger partial charge in [0.15, 0.2) is 11.9 Å². The van der Waals surface area contributed by atoms with E-state index in [2.05, 4.69) is 26.1 Å². The lowest BCUT2D eigenvalue weighted by atomic mass is 9.86. The minimum Gasteiger partial charge on any atom is -0.473 e. The van der Waals surface area contributed by atoms with Gasteiger partial charge in [0.05, 0.1) is 5.39 Å². The van der Waals surface area contributed by atoms with Crippen LogP contribution in [-0.2, 0) is 10.2 Å². The molecule has 1 aromatic heterocycles. The summed E-state index contributed by atoms with van der Waals surface area (Å²) in [5.74, 6) is -0.149. The molecule has 0 aliphatic rings. The zero-order valence-electron chi connectivity index (χ0n) is 20.4. The minimum absolute atomic E-state index is 0.0264. The van der Waals surface area contributed by atoms with E-state index in [1.807, 2.05) is 55.5 Å². The molecule has 0 unspecified atom stereocenters. The average molecular weight is 490 g/mol. The molecular formula is C29H28ClNO4. The Hall–Kier alpha value is -3.57. The van der Waals surface area contributed by atoms with Crippen molar-refractivity contribution in [2.45, 2.75) is 46.1 Å². The Balaban J connectivity index is 1.74. The van der Waals surface area contributed by atoms with Crippen molar-refractivity contribution < 1.29 is 13.9 Å². The lowest BCUT2D eigenvalue weighted by molar-refractivity contribution is -0.122. The number of anilines is 1. The van der Waals surface area contributed by atoms with Gasteiger partial charge < -0.3 is 14.5 Å². The van der Waals surface area contributed by atoms with Gasteiger partial charge in [-0.2, -0.15) is 0 Å². The number of amides is 1. The van der Waals surface area contributed by atoms with E-state index >= 15 is 0 Å². The van der Waals surface area contributed by atoms with Gasteiger partial charge in [-0.05, 0) is 55.2 Å². The van der Waals surface area contributed by atoms with Crippen LogP contribution in [-0.4, -0.2) is 12.0 Å². The quantitative estimate of drug-likeness (QED) is 0.324. The Kier molecular flexibility index (Phi) is 6.73. The van der Waals surface area contributed by atoms with E-state index in [1.54, 1.807) is 25.1 Å². The number of carbonyl (C=O) groups is 1. The number of nitrogens with one attached hydrogen (secondary N) is 1. The second-order valence-corrected chi connectivity index (χ2v) is 10.1. The maximum atomic E-state index is 13.5. The zero-order valence-corrected chi connectivity index (χ0v) is 21.2. The summed E-state index contributed by atoms with van der Waals surface area (Å²) in [6, 6.07) is 20.1. The monoisotopic (exact) mass is 489 g/mol. The molecular weight excluding hydrogens is 462 g/mol. The summed E-state index contributed by atoms with van der Waals surface area (Å²) in [5.41, 5.74) is 3.52. The Morgan fingerprint density at radius 1 is 1.00 bits per heavy atom. The van der Waals surface area contributed by atoms with Crippen molar-refractivity contribution >= 4 is 34.2 Å². The third-order valence-electron chi connectivity index (χ3n) is 5.81. The molecule has 1 atom stereocenters. The molecule has 0 fully saturated rings. The first kappa shape index (κ1) is 24.6. The van der Waals surface area contributed by atoms with E-state index in [0.29, 0.717) is 21.9 Å².